The number of hydrogen-bond acceptors (Lipinski definition) is 3. The SMILES string of the molecule is CC(C)c1cc(-c2nccc3c4ccc([Si](C)(C)C)c5c6ccccc6n(c23)c45)[c-]c2ccccc12.CCC(CC)C(=O)/C=C(\O)C(CC)CC.[Ir]. The zero-order valence-corrected chi connectivity index (χ0v) is 35.6. The summed E-state index contributed by atoms with van der Waals surface area (Å²) in [5, 5.41) is 19.1. The van der Waals surface area contributed by atoms with Crippen LogP contribution in [0, 0.1) is 17.9 Å². The molecule has 1 N–H and O–H groups in total. The number of carbonyl (C=O) groups excluding carboxylic acids is 1. The van der Waals surface area contributed by atoms with E-state index in [2.05, 4.69) is 117 Å². The summed E-state index contributed by atoms with van der Waals surface area (Å²) in [4.78, 5) is 16.7. The van der Waals surface area contributed by atoms with E-state index in [-0.39, 0.29) is 43.5 Å². The average Bonchev–Trinajstić information content (AvgIpc) is 3.64. The van der Waals surface area contributed by atoms with E-state index in [1.807, 2.05) is 33.9 Å². The smallest absolute Gasteiger partial charge is 0.162 e. The van der Waals surface area contributed by atoms with E-state index in [0.29, 0.717) is 5.92 Å². The fraction of sp³-hybridized carbons (Fsp3) is 0.348. The Morgan fingerprint density at radius 2 is 1.42 bits per heavy atom. The van der Waals surface area contributed by atoms with Gasteiger partial charge in [0.05, 0.1) is 24.9 Å². The average molecular weight is 886 g/mol. The van der Waals surface area contributed by atoms with Gasteiger partial charge in [0.1, 0.15) is 0 Å². The molecule has 0 saturated heterocycles. The van der Waals surface area contributed by atoms with Crippen LogP contribution in [-0.2, 0) is 24.9 Å². The van der Waals surface area contributed by atoms with Crippen molar-refractivity contribution in [3.8, 4) is 11.3 Å². The van der Waals surface area contributed by atoms with Crippen molar-refractivity contribution in [1.82, 2.24) is 9.38 Å². The number of benzene rings is 4. The summed E-state index contributed by atoms with van der Waals surface area (Å²) in [6.45, 7) is 20.0. The van der Waals surface area contributed by atoms with E-state index < -0.39 is 8.07 Å². The van der Waals surface area contributed by atoms with Crippen molar-refractivity contribution < 1.29 is 30.0 Å². The molecule has 0 amide bonds. The van der Waals surface area contributed by atoms with Crippen LogP contribution in [0.5, 0.6) is 0 Å². The van der Waals surface area contributed by atoms with E-state index in [1.165, 1.54) is 60.3 Å². The summed E-state index contributed by atoms with van der Waals surface area (Å²) in [5.74, 6) is 0.960. The fourth-order valence-corrected chi connectivity index (χ4v) is 9.50. The van der Waals surface area contributed by atoms with Crippen molar-refractivity contribution in [2.75, 3.05) is 0 Å². The zero-order chi connectivity index (χ0) is 36.6. The molecule has 1 radical (unpaired) electrons. The molecule has 6 heteroatoms. The first-order valence-corrected chi connectivity index (χ1v) is 22.4. The van der Waals surface area contributed by atoms with Crippen molar-refractivity contribution in [3.63, 3.8) is 0 Å². The van der Waals surface area contributed by atoms with Crippen LogP contribution in [-0.4, -0.2) is 28.3 Å². The molecule has 273 valence electrons. The van der Waals surface area contributed by atoms with Crippen molar-refractivity contribution in [2.45, 2.75) is 92.8 Å². The van der Waals surface area contributed by atoms with Gasteiger partial charge in [-0.3, -0.25) is 9.78 Å². The Hall–Kier alpha value is -3.83. The summed E-state index contributed by atoms with van der Waals surface area (Å²) >= 11 is 0. The molecule has 3 heterocycles. The van der Waals surface area contributed by atoms with E-state index in [9.17, 15) is 9.90 Å². The number of nitrogens with zero attached hydrogens (tertiary/aromatic N) is 2. The number of aromatic nitrogens is 2. The predicted molar refractivity (Wildman–Crippen MR) is 222 cm³/mol. The number of allylic oxidation sites excluding steroid dienone is 2. The van der Waals surface area contributed by atoms with Crippen LogP contribution in [0.2, 0.25) is 19.6 Å². The van der Waals surface area contributed by atoms with Gasteiger partial charge in [-0.1, -0.05) is 126 Å². The van der Waals surface area contributed by atoms with Crippen LogP contribution in [0.25, 0.3) is 60.1 Å². The maximum absolute atomic E-state index is 11.7. The van der Waals surface area contributed by atoms with Crippen molar-refractivity contribution in [3.05, 3.63) is 102 Å². The second kappa shape index (κ2) is 16.0. The molecule has 0 bridgehead atoms. The van der Waals surface area contributed by atoms with Gasteiger partial charge in [0, 0.05) is 77.0 Å². The molecule has 52 heavy (non-hydrogen) atoms. The van der Waals surface area contributed by atoms with Crippen LogP contribution < -0.4 is 5.19 Å². The summed E-state index contributed by atoms with van der Waals surface area (Å²) in [6, 6.07) is 30.5. The molecule has 0 aliphatic heterocycles. The monoisotopic (exact) mass is 886 g/mol. The minimum absolute atomic E-state index is 0. The van der Waals surface area contributed by atoms with Gasteiger partial charge in [-0.15, -0.1) is 29.1 Å². The number of hydrogen-bond donors (Lipinski definition) is 1. The topological polar surface area (TPSA) is 54.6 Å². The normalized spacial score (nSPS) is 12.5. The van der Waals surface area contributed by atoms with Gasteiger partial charge in [0.2, 0.25) is 0 Å². The first kappa shape index (κ1) is 39.4. The number of carbonyl (C=O) groups is 1. The van der Waals surface area contributed by atoms with Gasteiger partial charge >= 0.3 is 0 Å². The molecule has 4 nitrogen and oxygen atoms in total. The molecule has 0 unspecified atom stereocenters. The minimum Gasteiger partial charge on any atom is -0.512 e. The standard InChI is InChI=1S/C33H29N2Si.C13H24O2.Ir/c1-20(2)27-19-22(18-21-10-6-7-11-23(21)27)31-33-25(16-17-34-31)24-14-15-29(36(3,4)5)30-26-12-8-9-13-28(26)35(33)32(24)30;1-5-10(6-2)12(14)9-13(15)11(7-3)8-4;/h6-17,19-20H,1-5H3;9-11,14H,5-8H2,1-4H3;/q-1;;/b;12-9-;. The fourth-order valence-electron chi connectivity index (χ4n) is 7.91. The Kier molecular flexibility index (Phi) is 12.1. The Morgan fingerprint density at radius 3 is 2.06 bits per heavy atom. The summed E-state index contributed by atoms with van der Waals surface area (Å²) in [7, 11) is -1.56. The molecule has 3 aromatic heterocycles. The van der Waals surface area contributed by atoms with Gasteiger partial charge < -0.3 is 9.51 Å². The van der Waals surface area contributed by atoms with E-state index in [1.54, 1.807) is 0 Å². The molecule has 7 aromatic rings. The van der Waals surface area contributed by atoms with Crippen LogP contribution in [0.3, 0.4) is 0 Å². The van der Waals surface area contributed by atoms with Crippen LogP contribution in [0.1, 0.15) is 78.7 Å². The molecule has 0 saturated carbocycles. The van der Waals surface area contributed by atoms with Gasteiger partial charge in [0.25, 0.3) is 0 Å². The van der Waals surface area contributed by atoms with Crippen LogP contribution >= 0.6 is 0 Å². The summed E-state index contributed by atoms with van der Waals surface area (Å²) < 4.78 is 2.49. The molecule has 0 atom stereocenters. The van der Waals surface area contributed by atoms with E-state index >= 15 is 0 Å². The third-order valence-corrected chi connectivity index (χ3v) is 12.9. The molecule has 4 aromatic carbocycles. The molecule has 0 spiro atoms. The predicted octanol–water partition coefficient (Wildman–Crippen LogP) is 12.4. The number of ketones is 1. The Bertz CT molecular complexity index is 2370. The molecular formula is C46H53IrN2O2Si-. The number of pyridine rings is 1. The third-order valence-electron chi connectivity index (χ3n) is 10.8. The minimum atomic E-state index is -1.56. The Morgan fingerprint density at radius 1 is 0.808 bits per heavy atom. The van der Waals surface area contributed by atoms with Crippen molar-refractivity contribution >= 4 is 67.9 Å². The third kappa shape index (κ3) is 7.10. The van der Waals surface area contributed by atoms with Gasteiger partial charge in [-0.2, -0.15) is 0 Å². The number of aliphatic hydroxyl groups excluding tert-OH is 1. The largest absolute Gasteiger partial charge is 0.512 e. The Balaban J connectivity index is 0.000000280. The molecule has 0 fully saturated rings. The van der Waals surface area contributed by atoms with Crippen molar-refractivity contribution in [1.29, 1.82) is 0 Å². The first-order chi connectivity index (χ1) is 24.4. The number of rotatable bonds is 10. The first-order valence-electron chi connectivity index (χ1n) is 18.9. The molecule has 7 rings (SSSR count). The van der Waals surface area contributed by atoms with Gasteiger partial charge in [0.15, 0.2) is 5.78 Å². The number of fused-ring (bicyclic) bond motifs is 7. The Labute approximate surface area is 324 Å². The number of para-hydroxylation sites is 1. The van der Waals surface area contributed by atoms with Crippen LogP contribution in [0.15, 0.2) is 90.8 Å². The second-order valence-corrected chi connectivity index (χ2v) is 20.4. The maximum atomic E-state index is 11.7. The molecule has 0 aliphatic rings. The quantitative estimate of drug-likeness (QED) is 0.0644. The summed E-state index contributed by atoms with van der Waals surface area (Å²) in [6.07, 6.45) is 6.88. The molecular weight excluding hydrogens is 833 g/mol. The van der Waals surface area contributed by atoms with Gasteiger partial charge in [-0.25, -0.2) is 0 Å². The van der Waals surface area contributed by atoms with E-state index in [0.717, 1.165) is 42.3 Å². The second-order valence-electron chi connectivity index (χ2n) is 15.4. The van der Waals surface area contributed by atoms with Crippen molar-refractivity contribution in [2.24, 2.45) is 11.8 Å². The van der Waals surface area contributed by atoms with Crippen LogP contribution in [0.4, 0.5) is 0 Å². The zero-order valence-electron chi connectivity index (χ0n) is 32.2. The summed E-state index contributed by atoms with van der Waals surface area (Å²) in [5.41, 5.74) is 7.21. The number of aliphatic hydroxyl groups is 1. The van der Waals surface area contributed by atoms with Gasteiger partial charge in [-0.05, 0) is 43.7 Å². The van der Waals surface area contributed by atoms with E-state index in [4.69, 9.17) is 4.98 Å². The molecule has 0 aliphatic carbocycles. The maximum Gasteiger partial charge on any atom is 0.162 e.